The largest absolute Gasteiger partial charge is 0.350 e. The molecular weight excluding hydrogens is 402 g/mol. The predicted octanol–water partition coefficient (Wildman–Crippen LogP) is 1.23. The number of fused-ring (bicyclic) bond motifs is 1. The van der Waals surface area contributed by atoms with Crippen LogP contribution in [0.25, 0.3) is 0 Å². The van der Waals surface area contributed by atoms with Gasteiger partial charge in [0.1, 0.15) is 12.6 Å². The third-order valence-corrected chi connectivity index (χ3v) is 5.92. The maximum atomic E-state index is 13.4. The fraction of sp³-hybridized carbons (Fsp3) is 0.320. The zero-order chi connectivity index (χ0) is 22.3. The maximum Gasteiger partial charge on any atom is 0.250 e. The van der Waals surface area contributed by atoms with Crippen molar-refractivity contribution in [2.75, 3.05) is 31.6 Å². The van der Waals surface area contributed by atoms with E-state index in [1.807, 2.05) is 36.4 Å². The number of hydrogen-bond acceptors (Lipinski definition) is 3. The fourth-order valence-electron chi connectivity index (χ4n) is 4.22. The number of nitrogens with zero attached hydrogens (tertiary/aromatic N) is 3. The van der Waals surface area contributed by atoms with Crippen molar-refractivity contribution in [1.29, 1.82) is 0 Å². The molecule has 2 aromatic carbocycles. The number of rotatable bonds is 9. The number of carbonyl (C=O) groups is 2. The number of hydrogen-bond donors (Lipinski definition) is 2. The van der Waals surface area contributed by atoms with Gasteiger partial charge in [0, 0.05) is 30.2 Å². The van der Waals surface area contributed by atoms with E-state index in [0.717, 1.165) is 25.2 Å². The minimum atomic E-state index is -0.613. The average Bonchev–Trinajstić information content (AvgIpc) is 3.48. The van der Waals surface area contributed by atoms with Crippen LogP contribution in [0.3, 0.4) is 0 Å². The lowest BCUT2D eigenvalue weighted by molar-refractivity contribution is -0.892. The van der Waals surface area contributed by atoms with Crippen LogP contribution < -0.4 is 15.1 Å². The molecule has 0 bridgehead atoms. The number of benzene rings is 2. The maximum absolute atomic E-state index is 13.4. The van der Waals surface area contributed by atoms with Gasteiger partial charge in [-0.1, -0.05) is 48.5 Å². The molecule has 3 aromatic rings. The number of likely N-dealkylation sites (N-methyl/N-ethyl adjacent to an activating group) is 1. The number of quaternary nitrogens is 1. The molecule has 2 atom stereocenters. The molecule has 0 saturated carbocycles. The highest BCUT2D eigenvalue weighted by Crippen LogP contribution is 2.30. The van der Waals surface area contributed by atoms with E-state index in [4.69, 9.17) is 0 Å². The molecule has 0 fully saturated rings. The number of anilines is 1. The van der Waals surface area contributed by atoms with Gasteiger partial charge in [0.25, 0.3) is 5.91 Å². The molecule has 1 aromatic heterocycles. The van der Waals surface area contributed by atoms with Gasteiger partial charge in [0.05, 0.1) is 32.9 Å². The first-order valence-corrected chi connectivity index (χ1v) is 11.1. The van der Waals surface area contributed by atoms with E-state index < -0.39 is 6.04 Å². The van der Waals surface area contributed by atoms with Gasteiger partial charge in [-0.25, -0.2) is 4.98 Å². The van der Waals surface area contributed by atoms with Crippen molar-refractivity contribution < 1.29 is 14.5 Å². The Hall–Kier alpha value is -3.45. The summed E-state index contributed by atoms with van der Waals surface area (Å²) in [4.78, 5) is 33.3. The monoisotopic (exact) mass is 432 g/mol. The van der Waals surface area contributed by atoms with Crippen molar-refractivity contribution >= 4 is 17.5 Å². The number of nitrogens with one attached hydrogen (secondary N) is 2. The van der Waals surface area contributed by atoms with Gasteiger partial charge in [-0.3, -0.25) is 9.59 Å². The van der Waals surface area contributed by atoms with E-state index in [-0.39, 0.29) is 18.2 Å². The van der Waals surface area contributed by atoms with Gasteiger partial charge in [0.2, 0.25) is 5.91 Å². The Labute approximate surface area is 188 Å². The Bertz CT molecular complexity index is 1040. The van der Waals surface area contributed by atoms with Crippen molar-refractivity contribution in [3.63, 3.8) is 0 Å². The molecule has 32 heavy (non-hydrogen) atoms. The smallest absolute Gasteiger partial charge is 0.250 e. The second kappa shape index (κ2) is 10.2. The second-order valence-electron chi connectivity index (χ2n) is 8.32. The third kappa shape index (κ3) is 5.23. The normalized spacial score (nSPS) is 14.6. The minimum Gasteiger partial charge on any atom is -0.350 e. The average molecular weight is 433 g/mol. The fourth-order valence-corrected chi connectivity index (χ4v) is 4.22. The zero-order valence-corrected chi connectivity index (χ0v) is 18.4. The van der Waals surface area contributed by atoms with E-state index in [2.05, 4.69) is 35.5 Å². The van der Waals surface area contributed by atoms with Gasteiger partial charge >= 0.3 is 0 Å². The summed E-state index contributed by atoms with van der Waals surface area (Å²) < 4.78 is 1.73. The summed E-state index contributed by atoms with van der Waals surface area (Å²) in [5.41, 5.74) is 3.38. The van der Waals surface area contributed by atoms with E-state index in [0.29, 0.717) is 13.1 Å². The molecule has 0 radical (unpaired) electrons. The highest BCUT2D eigenvalue weighted by atomic mass is 16.2. The van der Waals surface area contributed by atoms with Crippen LogP contribution in [0.4, 0.5) is 5.69 Å². The molecule has 166 valence electrons. The Kier molecular flexibility index (Phi) is 6.97. The first kappa shape index (κ1) is 21.8. The van der Waals surface area contributed by atoms with Crippen LogP contribution >= 0.6 is 0 Å². The van der Waals surface area contributed by atoms with Gasteiger partial charge < -0.3 is 19.7 Å². The van der Waals surface area contributed by atoms with E-state index >= 15 is 0 Å². The number of aromatic nitrogens is 2. The Balaban J connectivity index is 1.34. The molecule has 2 amide bonds. The van der Waals surface area contributed by atoms with Crippen molar-refractivity contribution in [3.05, 3.63) is 84.4 Å². The number of imidazole rings is 1. The van der Waals surface area contributed by atoms with Crippen molar-refractivity contribution in [2.45, 2.75) is 25.4 Å². The quantitative estimate of drug-likeness (QED) is 0.534. The molecule has 1 aliphatic heterocycles. The van der Waals surface area contributed by atoms with Gasteiger partial charge in [-0.15, -0.1) is 0 Å². The zero-order valence-electron chi connectivity index (χ0n) is 18.4. The Morgan fingerprint density at radius 3 is 2.69 bits per heavy atom. The van der Waals surface area contributed by atoms with Crippen LogP contribution in [-0.4, -0.2) is 48.0 Å². The summed E-state index contributed by atoms with van der Waals surface area (Å²) in [6.07, 6.45) is 5.91. The Morgan fingerprint density at radius 1 is 1.12 bits per heavy atom. The number of amides is 2. The summed E-state index contributed by atoms with van der Waals surface area (Å²) in [7, 11) is 2.11. The highest BCUT2D eigenvalue weighted by molar-refractivity contribution is 6.00. The standard InChI is InChI=1S/C25H29N5O2/c1-28(18-20-7-3-2-4-8-20)15-13-27-24(31)17-23(29-16-12-26-19-29)25(32)30-14-11-21-9-5-6-10-22(21)30/h2-10,12,16,19,23H,11,13-15,17-18H2,1H3,(H,27,31)/p+1. The minimum absolute atomic E-state index is 0.0741. The Morgan fingerprint density at radius 2 is 1.91 bits per heavy atom. The second-order valence-corrected chi connectivity index (χ2v) is 8.32. The molecule has 0 aliphatic carbocycles. The molecule has 7 nitrogen and oxygen atoms in total. The molecule has 7 heteroatoms. The van der Waals surface area contributed by atoms with Crippen LogP contribution in [0.5, 0.6) is 0 Å². The van der Waals surface area contributed by atoms with Crippen LogP contribution in [0.1, 0.15) is 23.6 Å². The summed E-state index contributed by atoms with van der Waals surface area (Å²) >= 11 is 0. The summed E-state index contributed by atoms with van der Waals surface area (Å²) in [5, 5.41) is 2.99. The SMILES string of the molecule is C[NH+](CCNC(=O)CC(C(=O)N1CCc2ccccc21)n1ccnc1)Cc1ccccc1. The molecule has 0 spiro atoms. The lowest BCUT2D eigenvalue weighted by atomic mass is 10.1. The number of carbonyl (C=O) groups excluding carboxylic acids is 2. The molecule has 2 N–H and O–H groups in total. The van der Waals surface area contributed by atoms with E-state index in [1.54, 1.807) is 28.2 Å². The van der Waals surface area contributed by atoms with E-state index in [1.165, 1.54) is 16.0 Å². The van der Waals surface area contributed by atoms with Gasteiger partial charge in [0.15, 0.2) is 0 Å². The molecule has 1 aliphatic rings. The highest BCUT2D eigenvalue weighted by Gasteiger charge is 2.32. The van der Waals surface area contributed by atoms with E-state index in [9.17, 15) is 9.59 Å². The first-order valence-electron chi connectivity index (χ1n) is 11.1. The summed E-state index contributed by atoms with van der Waals surface area (Å²) in [6, 6.07) is 17.6. The molecular formula is C25H30N5O2+. The molecule has 2 unspecified atom stereocenters. The van der Waals surface area contributed by atoms with Crippen molar-refractivity contribution in [1.82, 2.24) is 14.9 Å². The van der Waals surface area contributed by atoms with Crippen LogP contribution in [0.15, 0.2) is 73.3 Å². The van der Waals surface area contributed by atoms with Crippen LogP contribution in [-0.2, 0) is 22.6 Å². The molecule has 2 heterocycles. The summed E-state index contributed by atoms with van der Waals surface area (Å²) in [5.74, 6) is -0.202. The first-order chi connectivity index (χ1) is 15.6. The predicted molar refractivity (Wildman–Crippen MR) is 123 cm³/mol. The topological polar surface area (TPSA) is 71.7 Å². The molecule has 4 rings (SSSR count). The van der Waals surface area contributed by atoms with Gasteiger partial charge in [-0.05, 0) is 18.1 Å². The van der Waals surface area contributed by atoms with Gasteiger partial charge in [-0.2, -0.15) is 0 Å². The lowest BCUT2D eigenvalue weighted by Crippen LogP contribution is -3.08. The van der Waals surface area contributed by atoms with Crippen molar-refractivity contribution in [3.8, 4) is 0 Å². The lowest BCUT2D eigenvalue weighted by Gasteiger charge is -2.25. The van der Waals surface area contributed by atoms with Crippen molar-refractivity contribution in [2.24, 2.45) is 0 Å². The van der Waals surface area contributed by atoms with Crippen LogP contribution in [0.2, 0.25) is 0 Å². The number of para-hydroxylation sites is 1. The third-order valence-electron chi connectivity index (χ3n) is 5.92. The van der Waals surface area contributed by atoms with Crippen LogP contribution in [0, 0.1) is 0 Å². The molecule has 0 saturated heterocycles. The summed E-state index contributed by atoms with van der Waals surface area (Å²) in [6.45, 7) is 2.92.